The molecule has 1 unspecified atom stereocenters. The van der Waals surface area contributed by atoms with Crippen LogP contribution >= 0.6 is 11.3 Å². The first kappa shape index (κ1) is 15.2. The predicted octanol–water partition coefficient (Wildman–Crippen LogP) is 1.13. The van der Waals surface area contributed by atoms with Crippen LogP contribution in [0.4, 0.5) is 0 Å². The van der Waals surface area contributed by atoms with Gasteiger partial charge in [0, 0.05) is 13.0 Å². The Kier molecular flexibility index (Phi) is 4.37. The molecule has 0 fully saturated rings. The second kappa shape index (κ2) is 6.04. The van der Waals surface area contributed by atoms with Crippen molar-refractivity contribution in [3.8, 4) is 0 Å². The Bertz CT molecular complexity index is 749. The molecule has 0 bridgehead atoms. The van der Waals surface area contributed by atoms with Gasteiger partial charge in [-0.25, -0.2) is 4.98 Å². The highest BCUT2D eigenvalue weighted by Gasteiger charge is 2.18. The number of hydrogen-bond acceptors (Lipinski definition) is 5. The second-order valence-electron chi connectivity index (χ2n) is 4.88. The minimum Gasteiger partial charge on any atom is -0.481 e. The van der Waals surface area contributed by atoms with Crippen molar-refractivity contribution < 1.29 is 14.7 Å². The third-order valence-corrected chi connectivity index (χ3v) is 4.27. The number of H-pyrrole nitrogens is 1. The molecule has 1 amide bonds. The zero-order valence-corrected chi connectivity index (χ0v) is 12.4. The number of rotatable bonds is 5. The van der Waals surface area contributed by atoms with Gasteiger partial charge in [-0.15, -0.1) is 11.3 Å². The lowest BCUT2D eigenvalue weighted by Crippen LogP contribution is -2.29. The van der Waals surface area contributed by atoms with Gasteiger partial charge in [0.2, 0.25) is 0 Å². The molecule has 0 spiro atoms. The number of carboxylic acid groups (broad SMARTS) is 1. The number of nitrogens with zero attached hydrogens (tertiary/aromatic N) is 1. The summed E-state index contributed by atoms with van der Waals surface area (Å²) >= 11 is 1.15. The normalized spacial score (nSPS) is 12.3. The number of aryl methyl sites for hydroxylation is 1. The number of carbonyl (C=O) groups is 2. The molecule has 0 aliphatic rings. The molecule has 0 aliphatic carbocycles. The number of aliphatic carboxylic acids is 1. The summed E-state index contributed by atoms with van der Waals surface area (Å²) in [7, 11) is 0. The smallest absolute Gasteiger partial charge is 0.303 e. The molecule has 1 atom stereocenters. The van der Waals surface area contributed by atoms with Crippen molar-refractivity contribution in [2.75, 3.05) is 6.54 Å². The minimum atomic E-state index is -0.898. The summed E-state index contributed by atoms with van der Waals surface area (Å²) in [5, 5.41) is 11.8. The topological polar surface area (TPSA) is 112 Å². The number of nitrogens with one attached hydrogen (secondary N) is 2. The van der Waals surface area contributed by atoms with Gasteiger partial charge in [-0.05, 0) is 18.4 Å². The average molecular weight is 309 g/mol. The maximum Gasteiger partial charge on any atom is 0.303 e. The Morgan fingerprint density at radius 1 is 1.52 bits per heavy atom. The van der Waals surface area contributed by atoms with Crippen LogP contribution < -0.4 is 10.9 Å². The molecule has 0 radical (unpaired) electrons. The van der Waals surface area contributed by atoms with Crippen LogP contribution in [0.1, 0.15) is 28.6 Å². The van der Waals surface area contributed by atoms with E-state index in [0.29, 0.717) is 20.7 Å². The van der Waals surface area contributed by atoms with Crippen molar-refractivity contribution in [1.29, 1.82) is 0 Å². The molecule has 0 saturated carbocycles. The number of aromatic nitrogens is 2. The van der Waals surface area contributed by atoms with E-state index in [9.17, 15) is 14.4 Å². The number of thiophene rings is 1. The number of hydrogen-bond donors (Lipinski definition) is 3. The van der Waals surface area contributed by atoms with Crippen LogP contribution in [0, 0.1) is 12.8 Å². The SMILES string of the molecule is Cc1c(C(=O)NCC(C)CC(=O)O)sc2nc[nH]c(=O)c12. The van der Waals surface area contributed by atoms with Gasteiger partial charge in [-0.1, -0.05) is 6.92 Å². The van der Waals surface area contributed by atoms with Crippen LogP contribution in [0.3, 0.4) is 0 Å². The first-order valence-electron chi connectivity index (χ1n) is 6.37. The largest absolute Gasteiger partial charge is 0.481 e. The van der Waals surface area contributed by atoms with E-state index in [1.54, 1.807) is 13.8 Å². The van der Waals surface area contributed by atoms with Crippen molar-refractivity contribution in [1.82, 2.24) is 15.3 Å². The van der Waals surface area contributed by atoms with E-state index in [0.717, 1.165) is 11.3 Å². The van der Waals surface area contributed by atoms with Crippen molar-refractivity contribution in [2.45, 2.75) is 20.3 Å². The Labute approximate surface area is 124 Å². The lowest BCUT2D eigenvalue weighted by molar-refractivity contribution is -0.137. The minimum absolute atomic E-state index is 0.00704. The third kappa shape index (κ3) is 3.27. The summed E-state index contributed by atoms with van der Waals surface area (Å²) in [5.74, 6) is -1.37. The highest BCUT2D eigenvalue weighted by molar-refractivity contribution is 7.20. The van der Waals surface area contributed by atoms with Gasteiger partial charge >= 0.3 is 5.97 Å². The van der Waals surface area contributed by atoms with Crippen LogP contribution in [-0.4, -0.2) is 33.5 Å². The van der Waals surface area contributed by atoms with Crippen LogP contribution in [-0.2, 0) is 4.79 Å². The van der Waals surface area contributed by atoms with Gasteiger partial charge in [0.15, 0.2) is 0 Å². The molecular formula is C13H15N3O4S. The fraction of sp³-hybridized carbons (Fsp3) is 0.385. The molecule has 0 aromatic carbocycles. The quantitative estimate of drug-likeness (QED) is 0.766. The highest BCUT2D eigenvalue weighted by atomic mass is 32.1. The summed E-state index contributed by atoms with van der Waals surface area (Å²) in [4.78, 5) is 41.9. The molecule has 3 N–H and O–H groups in total. The fourth-order valence-corrected chi connectivity index (χ4v) is 3.08. The average Bonchev–Trinajstić information content (AvgIpc) is 2.74. The van der Waals surface area contributed by atoms with Crippen molar-refractivity contribution >= 4 is 33.4 Å². The van der Waals surface area contributed by atoms with Gasteiger partial charge in [0.1, 0.15) is 4.83 Å². The summed E-state index contributed by atoms with van der Waals surface area (Å²) in [6, 6.07) is 0. The summed E-state index contributed by atoms with van der Waals surface area (Å²) in [6.45, 7) is 3.71. The lowest BCUT2D eigenvalue weighted by Gasteiger charge is -2.09. The van der Waals surface area contributed by atoms with Gasteiger partial charge in [-0.3, -0.25) is 14.4 Å². The Morgan fingerprint density at radius 2 is 2.24 bits per heavy atom. The number of amides is 1. The highest BCUT2D eigenvalue weighted by Crippen LogP contribution is 2.26. The summed E-state index contributed by atoms with van der Waals surface area (Å²) < 4.78 is 0. The van der Waals surface area contributed by atoms with E-state index < -0.39 is 5.97 Å². The number of fused-ring (bicyclic) bond motifs is 1. The van der Waals surface area contributed by atoms with Crippen LogP contribution in [0.2, 0.25) is 0 Å². The van der Waals surface area contributed by atoms with Gasteiger partial charge in [0.25, 0.3) is 11.5 Å². The Balaban J connectivity index is 2.17. The molecule has 2 aromatic rings. The third-order valence-electron chi connectivity index (χ3n) is 3.07. The summed E-state index contributed by atoms with van der Waals surface area (Å²) in [6.07, 6.45) is 1.30. The van der Waals surface area contributed by atoms with E-state index in [-0.39, 0.29) is 30.3 Å². The van der Waals surface area contributed by atoms with E-state index in [1.807, 2.05) is 0 Å². The standard InChI is InChI=1S/C13H15N3O4S/c1-6(3-8(17)18)4-14-12(20)10-7(2)9-11(19)15-5-16-13(9)21-10/h5-6H,3-4H2,1-2H3,(H,14,20)(H,17,18)(H,15,16,19). The molecule has 2 rings (SSSR count). The molecule has 112 valence electrons. The first-order chi connectivity index (χ1) is 9.90. The van der Waals surface area contributed by atoms with Crippen molar-refractivity contribution in [2.24, 2.45) is 5.92 Å². The molecular weight excluding hydrogens is 294 g/mol. The van der Waals surface area contributed by atoms with E-state index in [1.165, 1.54) is 6.33 Å². The van der Waals surface area contributed by atoms with Crippen LogP contribution in [0.5, 0.6) is 0 Å². The van der Waals surface area contributed by atoms with E-state index >= 15 is 0 Å². The number of aromatic amines is 1. The first-order valence-corrected chi connectivity index (χ1v) is 7.18. The van der Waals surface area contributed by atoms with Crippen molar-refractivity contribution in [3.05, 3.63) is 27.1 Å². The number of carbonyl (C=O) groups excluding carboxylic acids is 1. The zero-order valence-electron chi connectivity index (χ0n) is 11.6. The monoisotopic (exact) mass is 309 g/mol. The molecule has 21 heavy (non-hydrogen) atoms. The fourth-order valence-electron chi connectivity index (χ4n) is 2.01. The van der Waals surface area contributed by atoms with Gasteiger partial charge in [-0.2, -0.15) is 0 Å². The molecule has 8 heteroatoms. The van der Waals surface area contributed by atoms with E-state index in [2.05, 4.69) is 15.3 Å². The Morgan fingerprint density at radius 3 is 2.86 bits per heavy atom. The van der Waals surface area contributed by atoms with Gasteiger partial charge in [0.05, 0.1) is 16.6 Å². The van der Waals surface area contributed by atoms with Gasteiger partial charge < -0.3 is 15.4 Å². The van der Waals surface area contributed by atoms with Crippen LogP contribution in [0.25, 0.3) is 10.2 Å². The molecule has 2 heterocycles. The van der Waals surface area contributed by atoms with E-state index in [4.69, 9.17) is 5.11 Å². The second-order valence-corrected chi connectivity index (χ2v) is 5.88. The maximum atomic E-state index is 12.1. The Hall–Kier alpha value is -2.22. The molecule has 0 saturated heterocycles. The number of carboxylic acids is 1. The maximum absolute atomic E-state index is 12.1. The predicted molar refractivity (Wildman–Crippen MR) is 78.7 cm³/mol. The molecule has 0 aliphatic heterocycles. The summed E-state index contributed by atoms with van der Waals surface area (Å²) in [5.41, 5.74) is 0.319. The zero-order chi connectivity index (χ0) is 15.6. The molecule has 7 nitrogen and oxygen atoms in total. The lowest BCUT2D eigenvalue weighted by atomic mass is 10.1. The van der Waals surface area contributed by atoms with Crippen LogP contribution in [0.15, 0.2) is 11.1 Å². The molecule has 2 aromatic heterocycles. The van der Waals surface area contributed by atoms with Crippen molar-refractivity contribution in [3.63, 3.8) is 0 Å².